The van der Waals surface area contributed by atoms with E-state index in [4.69, 9.17) is 0 Å². The summed E-state index contributed by atoms with van der Waals surface area (Å²) < 4.78 is 0. The van der Waals surface area contributed by atoms with Gasteiger partial charge >= 0.3 is 0 Å². The largest absolute Gasteiger partial charge is 0.344 e. The lowest BCUT2D eigenvalue weighted by atomic mass is 10.1. The standard InChI is InChI=1S/C8H16O.ClH.H3N/c1-8(2)6-4-3-5-7-9;;/h7-8H,3-6H2,1-2H3;1H;1H3. The zero-order valence-electron chi connectivity index (χ0n) is 7.51. The highest BCUT2D eigenvalue weighted by atomic mass is 35.5. The summed E-state index contributed by atoms with van der Waals surface area (Å²) in [7, 11) is 0. The fourth-order valence-corrected chi connectivity index (χ4v) is 0.780. The van der Waals surface area contributed by atoms with E-state index in [2.05, 4.69) is 13.8 Å². The van der Waals surface area contributed by atoms with Crippen LogP contribution in [0.2, 0.25) is 0 Å². The molecule has 0 bridgehead atoms. The monoisotopic (exact) mass is 181 g/mol. The lowest BCUT2D eigenvalue weighted by molar-refractivity contribution is -0.107. The summed E-state index contributed by atoms with van der Waals surface area (Å²) in [5.41, 5.74) is 0. The van der Waals surface area contributed by atoms with E-state index in [0.29, 0.717) is 0 Å². The van der Waals surface area contributed by atoms with Crippen LogP contribution >= 0.6 is 12.4 Å². The zero-order valence-corrected chi connectivity index (χ0v) is 8.32. The molecule has 11 heavy (non-hydrogen) atoms. The molecule has 0 atom stereocenters. The molecule has 0 fully saturated rings. The van der Waals surface area contributed by atoms with Crippen LogP contribution in [-0.2, 0) is 4.79 Å². The third kappa shape index (κ3) is 17.8. The second-order valence-corrected chi connectivity index (χ2v) is 2.84. The molecule has 0 aliphatic carbocycles. The first kappa shape index (κ1) is 17.1. The lowest BCUT2D eigenvalue weighted by Crippen LogP contribution is -1.86. The Hall–Kier alpha value is -0.0800. The summed E-state index contributed by atoms with van der Waals surface area (Å²) in [6.45, 7) is 4.42. The number of rotatable bonds is 5. The van der Waals surface area contributed by atoms with Crippen molar-refractivity contribution >= 4 is 18.7 Å². The first-order valence-corrected chi connectivity index (χ1v) is 3.71. The Labute approximate surface area is 75.7 Å². The van der Waals surface area contributed by atoms with Crippen LogP contribution in [0.5, 0.6) is 0 Å². The van der Waals surface area contributed by atoms with Gasteiger partial charge in [0.1, 0.15) is 6.29 Å². The Bertz CT molecular complexity index is 76.5. The first-order valence-electron chi connectivity index (χ1n) is 3.71. The maximum Gasteiger partial charge on any atom is 0.119 e. The SMILES string of the molecule is CC(C)CCCCC=O.Cl.N. The van der Waals surface area contributed by atoms with Gasteiger partial charge in [0.15, 0.2) is 0 Å². The van der Waals surface area contributed by atoms with Crippen LogP contribution in [0.15, 0.2) is 0 Å². The number of hydrogen-bond acceptors (Lipinski definition) is 2. The Morgan fingerprint density at radius 1 is 1.27 bits per heavy atom. The molecule has 0 spiro atoms. The van der Waals surface area contributed by atoms with Gasteiger partial charge in [-0.05, 0) is 12.3 Å². The third-order valence-electron chi connectivity index (χ3n) is 1.35. The molecule has 0 saturated carbocycles. The molecule has 0 saturated heterocycles. The fourth-order valence-electron chi connectivity index (χ4n) is 0.780. The number of carbonyl (C=O) groups is 1. The molecule has 0 aliphatic heterocycles. The molecule has 0 amide bonds. The van der Waals surface area contributed by atoms with Crippen molar-refractivity contribution in [2.45, 2.75) is 39.5 Å². The van der Waals surface area contributed by atoms with Crippen molar-refractivity contribution in [3.05, 3.63) is 0 Å². The van der Waals surface area contributed by atoms with Crippen molar-refractivity contribution < 1.29 is 4.79 Å². The van der Waals surface area contributed by atoms with Crippen molar-refractivity contribution in [3.8, 4) is 0 Å². The topological polar surface area (TPSA) is 52.1 Å². The van der Waals surface area contributed by atoms with E-state index >= 15 is 0 Å². The minimum absolute atomic E-state index is 0. The Kier molecular flexibility index (Phi) is 19.6. The van der Waals surface area contributed by atoms with Gasteiger partial charge in [-0.3, -0.25) is 0 Å². The molecule has 2 nitrogen and oxygen atoms in total. The number of aldehydes is 1. The first-order chi connectivity index (χ1) is 4.27. The summed E-state index contributed by atoms with van der Waals surface area (Å²) in [5.74, 6) is 0.789. The average molecular weight is 182 g/mol. The molecule has 0 heterocycles. The van der Waals surface area contributed by atoms with Gasteiger partial charge in [0.25, 0.3) is 0 Å². The molecule has 3 N–H and O–H groups in total. The van der Waals surface area contributed by atoms with E-state index in [1.165, 1.54) is 12.8 Å². The van der Waals surface area contributed by atoms with Gasteiger partial charge < -0.3 is 10.9 Å². The van der Waals surface area contributed by atoms with E-state index in [1.807, 2.05) is 0 Å². The van der Waals surface area contributed by atoms with Crippen molar-refractivity contribution in [1.29, 1.82) is 0 Å². The summed E-state index contributed by atoms with van der Waals surface area (Å²) in [6.07, 6.45) is 5.28. The van der Waals surface area contributed by atoms with Crippen molar-refractivity contribution in [2.75, 3.05) is 0 Å². The van der Waals surface area contributed by atoms with E-state index in [9.17, 15) is 4.79 Å². The van der Waals surface area contributed by atoms with Gasteiger partial charge in [-0.15, -0.1) is 12.4 Å². The molecule has 0 aromatic heterocycles. The molecule has 3 heteroatoms. The van der Waals surface area contributed by atoms with Crippen LogP contribution < -0.4 is 6.15 Å². The van der Waals surface area contributed by atoms with E-state index in [1.54, 1.807) is 0 Å². The molecule has 0 unspecified atom stereocenters. The molecular weight excluding hydrogens is 162 g/mol. The average Bonchev–Trinajstić information content (AvgIpc) is 1.80. The molecule has 70 valence electrons. The van der Waals surface area contributed by atoms with Gasteiger partial charge in [-0.2, -0.15) is 0 Å². The summed E-state index contributed by atoms with van der Waals surface area (Å²) in [5, 5.41) is 0. The highest BCUT2D eigenvalue weighted by Gasteiger charge is 1.92. The minimum Gasteiger partial charge on any atom is -0.344 e. The summed E-state index contributed by atoms with van der Waals surface area (Å²) >= 11 is 0. The molecular formula is C8H20ClNO. The van der Waals surface area contributed by atoms with Crippen LogP contribution in [0, 0.1) is 5.92 Å². The van der Waals surface area contributed by atoms with Crippen LogP contribution in [0.1, 0.15) is 39.5 Å². The molecule has 0 aromatic rings. The van der Waals surface area contributed by atoms with Gasteiger partial charge in [0.05, 0.1) is 0 Å². The molecule has 0 aromatic carbocycles. The molecule has 0 rings (SSSR count). The van der Waals surface area contributed by atoms with Crippen molar-refractivity contribution in [3.63, 3.8) is 0 Å². The lowest BCUT2D eigenvalue weighted by Gasteiger charge is -2.00. The predicted molar refractivity (Wildman–Crippen MR) is 51.6 cm³/mol. The highest BCUT2D eigenvalue weighted by Crippen LogP contribution is 2.06. The second-order valence-electron chi connectivity index (χ2n) is 2.84. The number of hydrogen-bond donors (Lipinski definition) is 1. The number of unbranched alkanes of at least 4 members (excludes halogenated alkanes) is 2. The van der Waals surface area contributed by atoms with Crippen molar-refractivity contribution in [1.82, 2.24) is 6.15 Å². The van der Waals surface area contributed by atoms with Gasteiger partial charge in [0, 0.05) is 6.42 Å². The maximum absolute atomic E-state index is 9.85. The van der Waals surface area contributed by atoms with Crippen LogP contribution in [0.4, 0.5) is 0 Å². The van der Waals surface area contributed by atoms with Crippen LogP contribution in [0.25, 0.3) is 0 Å². The number of halogens is 1. The fraction of sp³-hybridized carbons (Fsp3) is 0.875. The van der Waals surface area contributed by atoms with Crippen molar-refractivity contribution in [2.24, 2.45) is 5.92 Å². The number of carbonyl (C=O) groups excluding carboxylic acids is 1. The maximum atomic E-state index is 9.85. The Morgan fingerprint density at radius 3 is 2.18 bits per heavy atom. The van der Waals surface area contributed by atoms with Crippen LogP contribution in [-0.4, -0.2) is 6.29 Å². The van der Waals surface area contributed by atoms with Crippen LogP contribution in [0.3, 0.4) is 0 Å². The third-order valence-corrected chi connectivity index (χ3v) is 1.35. The van der Waals surface area contributed by atoms with Gasteiger partial charge in [0.2, 0.25) is 0 Å². The zero-order chi connectivity index (χ0) is 7.11. The van der Waals surface area contributed by atoms with E-state index < -0.39 is 0 Å². The van der Waals surface area contributed by atoms with Gasteiger partial charge in [-0.1, -0.05) is 26.7 Å². The predicted octanol–water partition coefficient (Wildman–Crippen LogP) is 2.99. The molecule has 0 radical (unpaired) electrons. The van der Waals surface area contributed by atoms with E-state index in [-0.39, 0.29) is 18.6 Å². The quantitative estimate of drug-likeness (QED) is 0.524. The summed E-state index contributed by atoms with van der Waals surface area (Å²) in [4.78, 5) is 9.85. The Morgan fingerprint density at radius 2 is 1.82 bits per heavy atom. The second kappa shape index (κ2) is 12.6. The van der Waals surface area contributed by atoms with E-state index in [0.717, 1.165) is 25.0 Å². The normalized spacial score (nSPS) is 8.27. The smallest absolute Gasteiger partial charge is 0.119 e. The van der Waals surface area contributed by atoms with Gasteiger partial charge in [-0.25, -0.2) is 0 Å². The minimum atomic E-state index is 0. The summed E-state index contributed by atoms with van der Waals surface area (Å²) in [6, 6.07) is 0. The Balaban J connectivity index is -0.000000320. The molecule has 0 aliphatic rings. The highest BCUT2D eigenvalue weighted by molar-refractivity contribution is 5.85.